The van der Waals surface area contributed by atoms with Gasteiger partial charge in [-0.15, -0.1) is 0 Å². The molecule has 10 nitrogen and oxygen atoms in total. The summed E-state index contributed by atoms with van der Waals surface area (Å²) >= 11 is 12.5. The zero-order valence-corrected chi connectivity index (χ0v) is 18.0. The Morgan fingerprint density at radius 1 is 1.19 bits per heavy atom. The molecule has 1 aromatic carbocycles. The summed E-state index contributed by atoms with van der Waals surface area (Å²) in [6.45, 7) is 0.433. The van der Waals surface area contributed by atoms with E-state index in [0.29, 0.717) is 51.6 Å². The van der Waals surface area contributed by atoms with Gasteiger partial charge in [0.25, 0.3) is 0 Å². The maximum Gasteiger partial charge on any atom is 0.311 e. The number of aromatic nitrogens is 5. The lowest BCUT2D eigenvalue weighted by molar-refractivity contribution is -0.384. The first-order chi connectivity index (χ1) is 15.4. The minimum Gasteiger partial charge on any atom is -0.378 e. The molecule has 0 amide bonds. The van der Waals surface area contributed by atoms with Gasteiger partial charge in [0.2, 0.25) is 11.8 Å². The van der Waals surface area contributed by atoms with Crippen LogP contribution in [0.2, 0.25) is 10.0 Å². The SMILES string of the molecule is Nc1nc(CCNc2ncc(-n3ccnc3)c(-c3ccc(Cl)cc3Cl)n2)ccc1[N+](=O)[O-]. The molecule has 0 saturated heterocycles. The van der Waals surface area contributed by atoms with E-state index in [1.54, 1.807) is 53.8 Å². The molecule has 0 unspecified atom stereocenters. The van der Waals surface area contributed by atoms with Crippen LogP contribution in [0.25, 0.3) is 16.9 Å². The molecule has 0 aliphatic carbocycles. The first kappa shape index (κ1) is 21.5. The number of nitrogens with two attached hydrogens (primary N) is 1. The Morgan fingerprint density at radius 2 is 2.03 bits per heavy atom. The molecule has 3 heterocycles. The Balaban J connectivity index is 1.57. The molecule has 0 bridgehead atoms. The summed E-state index contributed by atoms with van der Waals surface area (Å²) in [4.78, 5) is 27.5. The number of pyridine rings is 1. The molecule has 3 aromatic heterocycles. The highest BCUT2D eigenvalue weighted by Gasteiger charge is 2.15. The van der Waals surface area contributed by atoms with E-state index in [2.05, 4.69) is 25.3 Å². The van der Waals surface area contributed by atoms with Crippen molar-refractivity contribution in [3.05, 3.63) is 81.1 Å². The Bertz CT molecular complexity index is 1280. The maximum atomic E-state index is 10.9. The Labute approximate surface area is 192 Å². The first-order valence-corrected chi connectivity index (χ1v) is 10.1. The largest absolute Gasteiger partial charge is 0.378 e. The van der Waals surface area contributed by atoms with Gasteiger partial charge >= 0.3 is 5.69 Å². The normalized spacial score (nSPS) is 10.8. The van der Waals surface area contributed by atoms with Crippen LogP contribution < -0.4 is 11.1 Å². The van der Waals surface area contributed by atoms with E-state index in [9.17, 15) is 10.1 Å². The van der Waals surface area contributed by atoms with E-state index in [0.717, 1.165) is 0 Å². The standard InChI is InChI=1S/C20H16Cl2N8O2/c21-12-1-3-14(15(22)9-12)18-17(29-8-7-24-11-29)10-26-20(28-18)25-6-5-13-2-4-16(30(31)32)19(23)27-13/h1-4,7-11H,5-6H2,(H2,23,27)(H,25,26,28). The van der Waals surface area contributed by atoms with Crippen molar-refractivity contribution in [2.45, 2.75) is 6.42 Å². The highest BCUT2D eigenvalue weighted by Crippen LogP contribution is 2.33. The molecule has 4 aromatic rings. The second-order valence-electron chi connectivity index (χ2n) is 6.66. The second kappa shape index (κ2) is 9.16. The van der Waals surface area contributed by atoms with Gasteiger partial charge < -0.3 is 15.6 Å². The zero-order chi connectivity index (χ0) is 22.7. The molecule has 0 aliphatic heterocycles. The van der Waals surface area contributed by atoms with Gasteiger partial charge in [0, 0.05) is 47.7 Å². The fraction of sp³-hybridized carbons (Fsp3) is 0.100. The fourth-order valence-corrected chi connectivity index (χ4v) is 3.53. The molecule has 0 fully saturated rings. The molecule has 4 rings (SSSR count). The lowest BCUT2D eigenvalue weighted by Crippen LogP contribution is -2.11. The van der Waals surface area contributed by atoms with E-state index in [1.165, 1.54) is 6.07 Å². The van der Waals surface area contributed by atoms with Crippen LogP contribution in [0.3, 0.4) is 0 Å². The minimum absolute atomic E-state index is 0.117. The molecule has 0 radical (unpaired) electrons. The van der Waals surface area contributed by atoms with Crippen LogP contribution in [0, 0.1) is 10.1 Å². The highest BCUT2D eigenvalue weighted by molar-refractivity contribution is 6.36. The van der Waals surface area contributed by atoms with Crippen molar-refractivity contribution in [3.63, 3.8) is 0 Å². The summed E-state index contributed by atoms with van der Waals surface area (Å²) in [6, 6.07) is 8.09. The third-order valence-electron chi connectivity index (χ3n) is 4.56. The van der Waals surface area contributed by atoms with E-state index in [1.807, 2.05) is 0 Å². The molecular formula is C20H16Cl2N8O2. The number of hydrogen-bond acceptors (Lipinski definition) is 8. The minimum atomic E-state index is -0.566. The van der Waals surface area contributed by atoms with E-state index in [-0.39, 0.29) is 11.5 Å². The number of benzene rings is 1. The fourth-order valence-electron chi connectivity index (χ4n) is 3.04. The number of anilines is 2. The molecule has 3 N–H and O–H groups in total. The number of nitro groups is 1. The van der Waals surface area contributed by atoms with Gasteiger partial charge in [0.1, 0.15) is 5.69 Å². The lowest BCUT2D eigenvalue weighted by Gasteiger charge is -2.13. The van der Waals surface area contributed by atoms with Crippen molar-refractivity contribution < 1.29 is 4.92 Å². The van der Waals surface area contributed by atoms with Crippen molar-refractivity contribution in [2.75, 3.05) is 17.6 Å². The molecule has 32 heavy (non-hydrogen) atoms. The Hall–Kier alpha value is -3.76. The van der Waals surface area contributed by atoms with E-state index < -0.39 is 4.92 Å². The van der Waals surface area contributed by atoms with Gasteiger partial charge in [-0.1, -0.05) is 23.2 Å². The van der Waals surface area contributed by atoms with Gasteiger partial charge in [-0.05, 0) is 24.3 Å². The average molecular weight is 471 g/mol. The van der Waals surface area contributed by atoms with Crippen LogP contribution in [-0.2, 0) is 6.42 Å². The van der Waals surface area contributed by atoms with Gasteiger partial charge in [0.05, 0.1) is 28.2 Å². The third-order valence-corrected chi connectivity index (χ3v) is 5.11. The van der Waals surface area contributed by atoms with Crippen LogP contribution in [-0.4, -0.2) is 36.0 Å². The molecular weight excluding hydrogens is 455 g/mol. The Morgan fingerprint density at radius 3 is 2.72 bits per heavy atom. The third kappa shape index (κ3) is 4.61. The monoisotopic (exact) mass is 470 g/mol. The van der Waals surface area contributed by atoms with Crippen molar-refractivity contribution in [2.24, 2.45) is 0 Å². The zero-order valence-electron chi connectivity index (χ0n) is 16.4. The molecule has 0 atom stereocenters. The van der Waals surface area contributed by atoms with Crippen LogP contribution in [0.15, 0.2) is 55.2 Å². The first-order valence-electron chi connectivity index (χ1n) is 9.37. The average Bonchev–Trinajstić information content (AvgIpc) is 3.28. The number of hydrogen-bond donors (Lipinski definition) is 2. The van der Waals surface area contributed by atoms with Crippen LogP contribution in [0.4, 0.5) is 17.5 Å². The van der Waals surface area contributed by atoms with E-state index >= 15 is 0 Å². The number of nitrogen functional groups attached to an aromatic ring is 1. The molecule has 0 saturated carbocycles. The predicted molar refractivity (Wildman–Crippen MR) is 122 cm³/mol. The number of nitrogens with zero attached hydrogens (tertiary/aromatic N) is 6. The molecule has 12 heteroatoms. The smallest absolute Gasteiger partial charge is 0.311 e. The van der Waals surface area contributed by atoms with Crippen LogP contribution in [0.1, 0.15) is 5.69 Å². The summed E-state index contributed by atoms with van der Waals surface area (Å²) in [7, 11) is 0. The van der Waals surface area contributed by atoms with Gasteiger partial charge in [-0.2, -0.15) is 0 Å². The van der Waals surface area contributed by atoms with Crippen molar-refractivity contribution in [3.8, 4) is 16.9 Å². The predicted octanol–water partition coefficient (Wildman–Crippen LogP) is 4.18. The Kier molecular flexibility index (Phi) is 6.15. The van der Waals surface area contributed by atoms with Crippen LogP contribution in [0.5, 0.6) is 0 Å². The summed E-state index contributed by atoms with van der Waals surface area (Å²) in [5, 5.41) is 15.0. The number of rotatable bonds is 7. The molecule has 0 spiro atoms. The second-order valence-corrected chi connectivity index (χ2v) is 7.51. The highest BCUT2D eigenvalue weighted by atomic mass is 35.5. The van der Waals surface area contributed by atoms with Gasteiger partial charge in [0.15, 0.2) is 0 Å². The summed E-state index contributed by atoms with van der Waals surface area (Å²) in [5.41, 5.74) is 8.02. The summed E-state index contributed by atoms with van der Waals surface area (Å²) < 4.78 is 1.79. The lowest BCUT2D eigenvalue weighted by atomic mass is 10.1. The van der Waals surface area contributed by atoms with Crippen molar-refractivity contribution in [1.82, 2.24) is 24.5 Å². The van der Waals surface area contributed by atoms with Gasteiger partial charge in [-0.25, -0.2) is 19.9 Å². The topological polar surface area (TPSA) is 138 Å². The number of halogens is 2. The van der Waals surface area contributed by atoms with Crippen molar-refractivity contribution >= 4 is 40.7 Å². The van der Waals surface area contributed by atoms with Gasteiger partial charge in [-0.3, -0.25) is 10.1 Å². The van der Waals surface area contributed by atoms with Crippen molar-refractivity contribution in [1.29, 1.82) is 0 Å². The number of imidazole rings is 1. The van der Waals surface area contributed by atoms with E-state index in [4.69, 9.17) is 28.9 Å². The summed E-state index contributed by atoms with van der Waals surface area (Å²) in [5.74, 6) is 0.262. The summed E-state index contributed by atoms with van der Waals surface area (Å²) in [6.07, 6.45) is 7.21. The molecule has 0 aliphatic rings. The quantitative estimate of drug-likeness (QED) is 0.303. The number of nitrogens with one attached hydrogen (secondary N) is 1. The van der Waals surface area contributed by atoms with Crippen LogP contribution >= 0.6 is 23.2 Å². The maximum absolute atomic E-state index is 10.9. The molecule has 162 valence electrons.